The van der Waals surface area contributed by atoms with Gasteiger partial charge in [-0.25, -0.2) is 4.79 Å². The van der Waals surface area contributed by atoms with E-state index in [4.69, 9.17) is 14.2 Å². The molecule has 1 aliphatic heterocycles. The fourth-order valence-corrected chi connectivity index (χ4v) is 1.07. The Morgan fingerprint density at radius 1 is 1.62 bits per heavy atom. The van der Waals surface area contributed by atoms with E-state index in [1.165, 1.54) is 0 Å². The van der Waals surface area contributed by atoms with E-state index < -0.39 is 0 Å². The summed E-state index contributed by atoms with van der Waals surface area (Å²) in [6.45, 7) is 3.81. The second kappa shape index (κ2) is 5.94. The molecule has 0 amide bonds. The smallest absolute Gasteiger partial charge is 0.332 e. The van der Waals surface area contributed by atoms with E-state index in [1.807, 2.05) is 0 Å². The molecule has 1 atom stereocenters. The first-order valence-electron chi connectivity index (χ1n) is 4.68. The highest BCUT2D eigenvalue weighted by Gasteiger charge is 2.20. The van der Waals surface area contributed by atoms with E-state index >= 15 is 0 Å². The molecule has 4 nitrogen and oxygen atoms in total. The lowest BCUT2D eigenvalue weighted by molar-refractivity contribution is -0.175. The van der Waals surface area contributed by atoms with Crippen LogP contribution in [-0.4, -0.2) is 38.5 Å². The van der Waals surface area contributed by atoms with Crippen LogP contribution in [0.15, 0.2) is 0 Å². The summed E-state index contributed by atoms with van der Waals surface area (Å²) in [6.07, 6.45) is 1.95. The lowest BCUT2D eigenvalue weighted by Crippen LogP contribution is -2.35. The predicted octanol–water partition coefficient (Wildman–Crippen LogP) is 0.745. The van der Waals surface area contributed by atoms with Crippen molar-refractivity contribution in [3.8, 4) is 0 Å². The van der Waals surface area contributed by atoms with Crippen molar-refractivity contribution in [3.63, 3.8) is 0 Å². The Balaban J connectivity index is 2.03. The molecular weight excluding hydrogens is 172 g/mol. The number of hydrogen-bond acceptors (Lipinski definition) is 4. The van der Waals surface area contributed by atoms with E-state index in [-0.39, 0.29) is 18.7 Å². The van der Waals surface area contributed by atoms with Crippen molar-refractivity contribution in [1.82, 2.24) is 0 Å². The highest BCUT2D eigenvalue weighted by molar-refractivity contribution is 5.71. The average Bonchev–Trinajstić information content (AvgIpc) is 2.13. The number of rotatable bonds is 5. The van der Waals surface area contributed by atoms with Gasteiger partial charge in [-0.2, -0.15) is 0 Å². The third-order valence-electron chi connectivity index (χ3n) is 1.77. The van der Waals surface area contributed by atoms with E-state index in [1.54, 1.807) is 0 Å². The molecule has 1 unspecified atom stereocenters. The number of cyclic esters (lactones) is 1. The minimum absolute atomic E-state index is 0.0749. The molecule has 4 heteroatoms. The summed E-state index contributed by atoms with van der Waals surface area (Å²) in [6, 6.07) is 0. The molecule has 0 aliphatic carbocycles. The Bertz CT molecular complexity index is 158. The lowest BCUT2D eigenvalue weighted by Gasteiger charge is -2.22. The van der Waals surface area contributed by atoms with Gasteiger partial charge in [-0.05, 0) is 6.42 Å². The van der Waals surface area contributed by atoms with Crippen LogP contribution in [0.4, 0.5) is 0 Å². The van der Waals surface area contributed by atoms with E-state index in [0.29, 0.717) is 13.2 Å². The molecule has 1 aliphatic rings. The number of ether oxygens (including phenoxy) is 3. The Hall–Kier alpha value is -0.610. The number of carbonyl (C=O) groups is 1. The molecule has 0 N–H and O–H groups in total. The number of hydrogen-bond donors (Lipinski definition) is 0. The quantitative estimate of drug-likeness (QED) is 0.471. The van der Waals surface area contributed by atoms with Crippen molar-refractivity contribution < 1.29 is 19.0 Å². The monoisotopic (exact) mass is 188 g/mol. The van der Waals surface area contributed by atoms with Gasteiger partial charge in [0, 0.05) is 6.61 Å². The van der Waals surface area contributed by atoms with Crippen LogP contribution in [0.2, 0.25) is 0 Å². The van der Waals surface area contributed by atoms with Gasteiger partial charge in [-0.15, -0.1) is 0 Å². The molecule has 1 rings (SSSR count). The van der Waals surface area contributed by atoms with Crippen molar-refractivity contribution in [3.05, 3.63) is 0 Å². The van der Waals surface area contributed by atoms with Crippen LogP contribution in [0.5, 0.6) is 0 Å². The topological polar surface area (TPSA) is 44.8 Å². The average molecular weight is 188 g/mol. The highest BCUT2D eigenvalue weighted by atomic mass is 16.6. The largest absolute Gasteiger partial charge is 0.456 e. The van der Waals surface area contributed by atoms with E-state index in [0.717, 1.165) is 19.4 Å². The molecule has 76 valence electrons. The Labute approximate surface area is 78.2 Å². The minimum atomic E-state index is -0.296. The standard InChI is InChI=1S/C9H16O4/c1-2-3-4-11-5-8-6-12-7-9(10)13-8/h8H,2-7H2,1H3. The molecule has 0 aromatic heterocycles. The van der Waals surface area contributed by atoms with Crippen molar-refractivity contribution in [1.29, 1.82) is 0 Å². The highest BCUT2D eigenvalue weighted by Crippen LogP contribution is 2.02. The summed E-state index contributed by atoms with van der Waals surface area (Å²) in [5.41, 5.74) is 0. The molecule has 13 heavy (non-hydrogen) atoms. The maximum atomic E-state index is 10.8. The summed E-state index contributed by atoms with van der Waals surface area (Å²) < 4.78 is 15.3. The Morgan fingerprint density at radius 3 is 3.15 bits per heavy atom. The zero-order valence-corrected chi connectivity index (χ0v) is 7.95. The zero-order chi connectivity index (χ0) is 9.52. The molecule has 0 spiro atoms. The molecule has 1 fully saturated rings. The summed E-state index contributed by atoms with van der Waals surface area (Å²) in [5, 5.41) is 0. The second-order valence-corrected chi connectivity index (χ2v) is 3.06. The third-order valence-corrected chi connectivity index (χ3v) is 1.77. The van der Waals surface area contributed by atoms with Crippen LogP contribution in [0.25, 0.3) is 0 Å². The fourth-order valence-electron chi connectivity index (χ4n) is 1.07. The van der Waals surface area contributed by atoms with Gasteiger partial charge in [0.2, 0.25) is 0 Å². The maximum Gasteiger partial charge on any atom is 0.332 e. The molecule has 1 heterocycles. The molecule has 0 bridgehead atoms. The van der Waals surface area contributed by atoms with Crippen molar-refractivity contribution in [2.24, 2.45) is 0 Å². The molecule has 0 radical (unpaired) electrons. The van der Waals surface area contributed by atoms with Crippen molar-refractivity contribution >= 4 is 5.97 Å². The van der Waals surface area contributed by atoms with Crippen molar-refractivity contribution in [2.45, 2.75) is 25.9 Å². The van der Waals surface area contributed by atoms with E-state index in [2.05, 4.69) is 6.92 Å². The van der Waals surface area contributed by atoms with Crippen LogP contribution in [0.3, 0.4) is 0 Å². The fraction of sp³-hybridized carbons (Fsp3) is 0.889. The molecular formula is C9H16O4. The van der Waals surface area contributed by atoms with Gasteiger partial charge in [0.1, 0.15) is 12.7 Å². The van der Waals surface area contributed by atoms with Gasteiger partial charge in [0.25, 0.3) is 0 Å². The lowest BCUT2D eigenvalue weighted by atomic mass is 10.3. The summed E-state index contributed by atoms with van der Waals surface area (Å²) >= 11 is 0. The van der Waals surface area contributed by atoms with Crippen LogP contribution in [0.1, 0.15) is 19.8 Å². The van der Waals surface area contributed by atoms with Gasteiger partial charge < -0.3 is 14.2 Å². The zero-order valence-electron chi connectivity index (χ0n) is 7.95. The molecule has 0 aromatic rings. The molecule has 0 saturated carbocycles. The summed E-state index contributed by atoms with van der Waals surface area (Å²) in [4.78, 5) is 10.8. The van der Waals surface area contributed by atoms with Gasteiger partial charge in [-0.3, -0.25) is 0 Å². The van der Waals surface area contributed by atoms with Gasteiger partial charge in [0.15, 0.2) is 0 Å². The van der Waals surface area contributed by atoms with Crippen LogP contribution in [-0.2, 0) is 19.0 Å². The van der Waals surface area contributed by atoms with E-state index in [9.17, 15) is 4.79 Å². The summed E-state index contributed by atoms with van der Waals surface area (Å²) in [7, 11) is 0. The summed E-state index contributed by atoms with van der Waals surface area (Å²) in [5.74, 6) is -0.296. The number of unbranched alkanes of at least 4 members (excludes halogenated alkanes) is 1. The Kier molecular flexibility index (Phi) is 4.78. The minimum Gasteiger partial charge on any atom is -0.456 e. The van der Waals surface area contributed by atoms with Gasteiger partial charge in [0.05, 0.1) is 13.2 Å². The number of carbonyl (C=O) groups excluding carboxylic acids is 1. The van der Waals surface area contributed by atoms with Gasteiger partial charge in [-0.1, -0.05) is 13.3 Å². The first-order chi connectivity index (χ1) is 6.33. The second-order valence-electron chi connectivity index (χ2n) is 3.06. The Morgan fingerprint density at radius 2 is 2.46 bits per heavy atom. The number of esters is 1. The van der Waals surface area contributed by atoms with Gasteiger partial charge >= 0.3 is 5.97 Å². The first kappa shape index (κ1) is 10.5. The SMILES string of the molecule is CCCCOCC1COCC(=O)O1. The molecule has 1 saturated heterocycles. The van der Waals surface area contributed by atoms with Crippen LogP contribution >= 0.6 is 0 Å². The normalized spacial score (nSPS) is 22.8. The maximum absolute atomic E-state index is 10.8. The molecule has 0 aromatic carbocycles. The van der Waals surface area contributed by atoms with Crippen LogP contribution in [0, 0.1) is 0 Å². The predicted molar refractivity (Wildman–Crippen MR) is 46.4 cm³/mol. The van der Waals surface area contributed by atoms with Crippen molar-refractivity contribution in [2.75, 3.05) is 26.4 Å². The van der Waals surface area contributed by atoms with Crippen LogP contribution < -0.4 is 0 Å². The third kappa shape index (κ3) is 4.24. The first-order valence-corrected chi connectivity index (χ1v) is 4.68.